The van der Waals surface area contributed by atoms with Crippen LogP contribution in [-0.4, -0.2) is 77.0 Å². The van der Waals surface area contributed by atoms with E-state index in [1.165, 1.54) is 0 Å². The highest BCUT2D eigenvalue weighted by molar-refractivity contribution is 8.00. The summed E-state index contributed by atoms with van der Waals surface area (Å²) in [6.07, 6.45) is 0. The van der Waals surface area contributed by atoms with Crippen LogP contribution in [0.4, 0.5) is 4.79 Å². The Kier molecular flexibility index (Phi) is 6.48. The summed E-state index contributed by atoms with van der Waals surface area (Å²) in [6, 6.07) is -0.102. The number of aliphatic carboxylic acids is 1. The molecule has 0 unspecified atom stereocenters. The van der Waals surface area contributed by atoms with Gasteiger partial charge < -0.3 is 20.2 Å². The summed E-state index contributed by atoms with van der Waals surface area (Å²) >= 11 is 1.09. The fraction of sp³-hybridized carbons (Fsp3) is 0.727. The second-order valence-corrected chi connectivity index (χ2v) is 5.08. The van der Waals surface area contributed by atoms with Crippen molar-refractivity contribution >= 4 is 29.7 Å². The van der Waals surface area contributed by atoms with Crippen LogP contribution >= 0.6 is 11.8 Å². The fourth-order valence-corrected chi connectivity index (χ4v) is 2.37. The molecule has 1 fully saturated rings. The van der Waals surface area contributed by atoms with Crippen molar-refractivity contribution in [2.45, 2.75) is 6.92 Å². The number of thioether (sulfide) groups is 1. The van der Waals surface area contributed by atoms with Gasteiger partial charge in [0, 0.05) is 32.7 Å². The van der Waals surface area contributed by atoms with Gasteiger partial charge in [-0.25, -0.2) is 4.79 Å². The van der Waals surface area contributed by atoms with Crippen molar-refractivity contribution < 1.29 is 19.5 Å². The first-order valence-electron chi connectivity index (χ1n) is 6.14. The molecule has 1 aliphatic rings. The molecule has 0 saturated carbocycles. The van der Waals surface area contributed by atoms with Crippen LogP contribution in [0.25, 0.3) is 0 Å². The Bertz CT molecular complexity index is 343. The van der Waals surface area contributed by atoms with Crippen LogP contribution in [0.5, 0.6) is 0 Å². The van der Waals surface area contributed by atoms with Crippen LogP contribution in [0, 0.1) is 0 Å². The minimum Gasteiger partial charge on any atom is -0.481 e. The van der Waals surface area contributed by atoms with Gasteiger partial charge >= 0.3 is 12.0 Å². The number of amides is 3. The Morgan fingerprint density at radius 3 is 2.21 bits per heavy atom. The molecule has 1 rings (SSSR count). The largest absolute Gasteiger partial charge is 0.481 e. The first kappa shape index (κ1) is 15.6. The molecule has 0 aromatic rings. The minimum absolute atomic E-state index is 0.0649. The van der Waals surface area contributed by atoms with Crippen LogP contribution < -0.4 is 5.32 Å². The summed E-state index contributed by atoms with van der Waals surface area (Å²) in [7, 11) is 0. The van der Waals surface area contributed by atoms with E-state index in [2.05, 4.69) is 5.32 Å². The molecule has 0 atom stereocenters. The average Bonchev–Trinajstić information content (AvgIpc) is 2.38. The topological polar surface area (TPSA) is 90.0 Å². The van der Waals surface area contributed by atoms with Crippen LogP contribution in [0.15, 0.2) is 0 Å². The molecule has 1 aliphatic heterocycles. The Morgan fingerprint density at radius 1 is 1.11 bits per heavy atom. The normalized spacial score (nSPS) is 15.2. The molecule has 0 aliphatic carbocycles. The van der Waals surface area contributed by atoms with Crippen molar-refractivity contribution in [1.29, 1.82) is 0 Å². The zero-order valence-corrected chi connectivity index (χ0v) is 11.7. The third-order valence-corrected chi connectivity index (χ3v) is 3.60. The summed E-state index contributed by atoms with van der Waals surface area (Å²) in [4.78, 5) is 37.0. The SMILES string of the molecule is CCNC(=O)N1CCN(C(=O)CSCC(=O)O)CC1. The van der Waals surface area contributed by atoms with Gasteiger partial charge in [0.05, 0.1) is 11.5 Å². The second-order valence-electron chi connectivity index (χ2n) is 4.09. The molecule has 0 spiro atoms. The van der Waals surface area contributed by atoms with Gasteiger partial charge in [0.15, 0.2) is 0 Å². The number of nitrogens with zero attached hydrogens (tertiary/aromatic N) is 2. The van der Waals surface area contributed by atoms with Crippen molar-refractivity contribution in [3.8, 4) is 0 Å². The number of urea groups is 1. The van der Waals surface area contributed by atoms with Gasteiger partial charge in [0.1, 0.15) is 0 Å². The summed E-state index contributed by atoms with van der Waals surface area (Å²) < 4.78 is 0. The number of carbonyl (C=O) groups is 3. The summed E-state index contributed by atoms with van der Waals surface area (Å²) in [5.74, 6) is -0.876. The Labute approximate surface area is 116 Å². The van der Waals surface area contributed by atoms with E-state index in [4.69, 9.17) is 5.11 Å². The quantitative estimate of drug-likeness (QED) is 0.724. The Balaban J connectivity index is 2.27. The second kappa shape index (κ2) is 7.88. The maximum atomic E-state index is 11.8. The molecule has 3 amide bonds. The highest BCUT2D eigenvalue weighted by Gasteiger charge is 2.23. The van der Waals surface area contributed by atoms with Gasteiger partial charge in [0.2, 0.25) is 5.91 Å². The molecule has 2 N–H and O–H groups in total. The van der Waals surface area contributed by atoms with Crippen LogP contribution in [-0.2, 0) is 9.59 Å². The van der Waals surface area contributed by atoms with E-state index in [9.17, 15) is 14.4 Å². The third kappa shape index (κ3) is 5.37. The van der Waals surface area contributed by atoms with Crippen molar-refractivity contribution in [2.24, 2.45) is 0 Å². The van der Waals surface area contributed by atoms with Crippen molar-refractivity contribution in [2.75, 3.05) is 44.2 Å². The van der Waals surface area contributed by atoms with Crippen molar-refractivity contribution in [3.05, 3.63) is 0 Å². The molecule has 0 radical (unpaired) electrons. The zero-order chi connectivity index (χ0) is 14.3. The highest BCUT2D eigenvalue weighted by Crippen LogP contribution is 2.07. The van der Waals surface area contributed by atoms with Crippen molar-refractivity contribution in [1.82, 2.24) is 15.1 Å². The summed E-state index contributed by atoms with van der Waals surface area (Å²) in [5.41, 5.74) is 0. The number of piperazine rings is 1. The molecule has 1 heterocycles. The van der Waals surface area contributed by atoms with E-state index in [0.29, 0.717) is 32.7 Å². The summed E-state index contributed by atoms with van der Waals surface area (Å²) in [6.45, 7) is 4.48. The third-order valence-electron chi connectivity index (χ3n) is 2.70. The van der Waals surface area contributed by atoms with Gasteiger partial charge in [-0.2, -0.15) is 0 Å². The number of carboxylic acids is 1. The number of carbonyl (C=O) groups excluding carboxylic acids is 2. The van der Waals surface area contributed by atoms with E-state index >= 15 is 0 Å². The monoisotopic (exact) mass is 289 g/mol. The van der Waals surface area contributed by atoms with E-state index in [-0.39, 0.29) is 23.4 Å². The van der Waals surface area contributed by atoms with Gasteiger partial charge in [-0.1, -0.05) is 0 Å². The number of nitrogens with one attached hydrogen (secondary N) is 1. The summed E-state index contributed by atoms with van der Waals surface area (Å²) in [5, 5.41) is 11.2. The van der Waals surface area contributed by atoms with E-state index < -0.39 is 5.97 Å². The maximum Gasteiger partial charge on any atom is 0.317 e. The molecule has 8 heteroatoms. The van der Waals surface area contributed by atoms with Gasteiger partial charge in [-0.05, 0) is 6.92 Å². The Morgan fingerprint density at radius 2 is 1.68 bits per heavy atom. The predicted octanol–water partition coefficient (Wildman–Crippen LogP) is -0.322. The molecule has 7 nitrogen and oxygen atoms in total. The van der Waals surface area contributed by atoms with Gasteiger partial charge in [-0.15, -0.1) is 11.8 Å². The molecule has 0 aromatic heterocycles. The van der Waals surface area contributed by atoms with Gasteiger partial charge in [-0.3, -0.25) is 9.59 Å². The highest BCUT2D eigenvalue weighted by atomic mass is 32.2. The molecular weight excluding hydrogens is 270 g/mol. The standard InChI is InChI=1S/C11H19N3O4S/c1-2-12-11(18)14-5-3-13(4-6-14)9(15)7-19-8-10(16)17/h2-8H2,1H3,(H,12,18)(H,16,17). The Hall–Kier alpha value is -1.44. The number of hydrogen-bond donors (Lipinski definition) is 2. The van der Waals surface area contributed by atoms with E-state index in [0.717, 1.165) is 11.8 Å². The molecule has 1 saturated heterocycles. The average molecular weight is 289 g/mol. The number of carboxylic acid groups (broad SMARTS) is 1. The van der Waals surface area contributed by atoms with E-state index in [1.807, 2.05) is 6.92 Å². The lowest BCUT2D eigenvalue weighted by Crippen LogP contribution is -2.53. The lowest BCUT2D eigenvalue weighted by atomic mass is 10.3. The lowest BCUT2D eigenvalue weighted by Gasteiger charge is -2.34. The number of rotatable bonds is 5. The molecule has 108 valence electrons. The zero-order valence-electron chi connectivity index (χ0n) is 10.9. The van der Waals surface area contributed by atoms with Crippen LogP contribution in [0.3, 0.4) is 0 Å². The molecule has 0 bridgehead atoms. The molecular formula is C11H19N3O4S. The van der Waals surface area contributed by atoms with Crippen LogP contribution in [0.2, 0.25) is 0 Å². The first-order chi connectivity index (χ1) is 9.04. The van der Waals surface area contributed by atoms with Crippen LogP contribution in [0.1, 0.15) is 6.92 Å². The first-order valence-corrected chi connectivity index (χ1v) is 7.30. The maximum absolute atomic E-state index is 11.8. The fourth-order valence-electron chi connectivity index (χ4n) is 1.74. The molecule has 0 aromatic carbocycles. The van der Waals surface area contributed by atoms with Gasteiger partial charge in [0.25, 0.3) is 0 Å². The van der Waals surface area contributed by atoms with E-state index in [1.54, 1.807) is 9.80 Å². The smallest absolute Gasteiger partial charge is 0.317 e. The lowest BCUT2D eigenvalue weighted by molar-refractivity contribution is -0.133. The minimum atomic E-state index is -0.918. The predicted molar refractivity (Wildman–Crippen MR) is 72.2 cm³/mol. The number of hydrogen-bond acceptors (Lipinski definition) is 4. The van der Waals surface area contributed by atoms with Crippen molar-refractivity contribution in [3.63, 3.8) is 0 Å². The molecule has 19 heavy (non-hydrogen) atoms.